The summed E-state index contributed by atoms with van der Waals surface area (Å²) in [5.41, 5.74) is 3.94. The molecule has 6 nitrogen and oxygen atoms in total. The summed E-state index contributed by atoms with van der Waals surface area (Å²) in [6.07, 6.45) is 1.54. The zero-order chi connectivity index (χ0) is 21.9. The molecule has 0 fully saturated rings. The Morgan fingerprint density at radius 3 is 2.44 bits per heavy atom. The van der Waals surface area contributed by atoms with E-state index in [1.165, 1.54) is 12.4 Å². The monoisotopic (exact) mass is 421 g/mol. The third-order valence-electron chi connectivity index (χ3n) is 5.11. The fourth-order valence-corrected chi connectivity index (χ4v) is 3.46. The minimum absolute atomic E-state index is 0.114. The number of ether oxygens (including phenoxy) is 1. The van der Waals surface area contributed by atoms with Gasteiger partial charge in [-0.05, 0) is 42.5 Å². The van der Waals surface area contributed by atoms with Crippen molar-refractivity contribution in [2.24, 2.45) is 0 Å². The van der Waals surface area contributed by atoms with Gasteiger partial charge in [-0.15, -0.1) is 0 Å². The number of benzene rings is 3. The third kappa shape index (κ3) is 3.94. The molecule has 0 aliphatic heterocycles. The molecule has 0 radical (unpaired) electrons. The Hall–Kier alpha value is -4.45. The topological polar surface area (TPSA) is 77.2 Å². The van der Waals surface area contributed by atoms with Crippen molar-refractivity contribution >= 4 is 22.5 Å². The number of aromatic nitrogens is 2. The number of rotatable bonds is 5. The molecule has 5 rings (SSSR count). The van der Waals surface area contributed by atoms with Crippen LogP contribution in [-0.2, 0) is 0 Å². The highest BCUT2D eigenvalue weighted by molar-refractivity contribution is 5.80. The van der Waals surface area contributed by atoms with E-state index in [1.807, 2.05) is 60.7 Å². The number of nitrogens with zero attached hydrogens (tertiary/aromatic N) is 2. The second-order valence-corrected chi connectivity index (χ2v) is 7.19. The molecule has 0 amide bonds. The quantitative estimate of drug-likeness (QED) is 0.394. The molecular weight excluding hydrogens is 402 g/mol. The molecule has 0 aliphatic carbocycles. The molecule has 2 heterocycles. The number of methoxy groups -OCH3 is 1. The van der Waals surface area contributed by atoms with E-state index in [4.69, 9.17) is 9.15 Å². The van der Waals surface area contributed by atoms with Crippen molar-refractivity contribution < 1.29 is 9.15 Å². The number of anilines is 2. The van der Waals surface area contributed by atoms with Gasteiger partial charge in [0.05, 0.1) is 18.2 Å². The van der Waals surface area contributed by atoms with E-state index in [1.54, 1.807) is 25.3 Å². The fourth-order valence-electron chi connectivity index (χ4n) is 3.46. The summed E-state index contributed by atoms with van der Waals surface area (Å²) in [5.74, 6) is 1.82. The summed E-state index contributed by atoms with van der Waals surface area (Å²) in [4.78, 5) is 21.2. The van der Waals surface area contributed by atoms with Crippen LogP contribution in [0.1, 0.15) is 0 Å². The highest BCUT2D eigenvalue weighted by Gasteiger charge is 2.09. The largest absolute Gasteiger partial charge is 0.497 e. The van der Waals surface area contributed by atoms with Crippen molar-refractivity contribution in [3.05, 3.63) is 101 Å². The number of fused-ring (bicyclic) bond motifs is 1. The maximum Gasteiger partial charge on any atom is 0.193 e. The lowest BCUT2D eigenvalue weighted by Crippen LogP contribution is -2.01. The van der Waals surface area contributed by atoms with E-state index in [2.05, 4.69) is 15.3 Å². The first kappa shape index (κ1) is 19.5. The van der Waals surface area contributed by atoms with Crippen LogP contribution in [0.4, 0.5) is 11.5 Å². The Balaban J connectivity index is 1.40. The molecule has 32 heavy (non-hydrogen) atoms. The Labute approximate surface area is 184 Å². The summed E-state index contributed by atoms with van der Waals surface area (Å²) >= 11 is 0. The van der Waals surface area contributed by atoms with E-state index >= 15 is 0 Å². The molecule has 6 heteroatoms. The number of nitrogens with one attached hydrogen (secondary N) is 1. The number of hydrogen-bond acceptors (Lipinski definition) is 6. The SMILES string of the molecule is COc1ccc2oc(-c3ccc(Nc4cc(-c5ccccc5)ncn4)cc3)cc(=O)c2c1. The first-order valence-electron chi connectivity index (χ1n) is 10.1. The fraction of sp³-hybridized carbons (Fsp3) is 0.0385. The van der Waals surface area contributed by atoms with Crippen LogP contribution in [0.5, 0.6) is 5.75 Å². The minimum Gasteiger partial charge on any atom is -0.497 e. The average molecular weight is 421 g/mol. The molecule has 0 spiro atoms. The van der Waals surface area contributed by atoms with Crippen LogP contribution in [0.2, 0.25) is 0 Å². The predicted octanol–water partition coefficient (Wildman–Crippen LogP) is 5.67. The van der Waals surface area contributed by atoms with Gasteiger partial charge in [-0.2, -0.15) is 0 Å². The van der Waals surface area contributed by atoms with Crippen LogP contribution in [0, 0.1) is 0 Å². The first-order chi connectivity index (χ1) is 15.7. The van der Waals surface area contributed by atoms with Crippen molar-refractivity contribution in [1.82, 2.24) is 9.97 Å². The van der Waals surface area contributed by atoms with Crippen LogP contribution in [0.3, 0.4) is 0 Å². The van der Waals surface area contributed by atoms with Crippen molar-refractivity contribution in [3.8, 4) is 28.3 Å². The molecule has 2 aromatic heterocycles. The zero-order valence-corrected chi connectivity index (χ0v) is 17.3. The van der Waals surface area contributed by atoms with Gasteiger partial charge in [0.2, 0.25) is 0 Å². The van der Waals surface area contributed by atoms with Gasteiger partial charge in [0.25, 0.3) is 0 Å². The molecule has 156 valence electrons. The van der Waals surface area contributed by atoms with Gasteiger partial charge in [0, 0.05) is 28.9 Å². The van der Waals surface area contributed by atoms with E-state index in [0.717, 1.165) is 22.5 Å². The van der Waals surface area contributed by atoms with E-state index in [0.29, 0.717) is 28.3 Å². The molecule has 0 saturated heterocycles. The molecule has 0 saturated carbocycles. The minimum atomic E-state index is -0.114. The molecule has 5 aromatic rings. The predicted molar refractivity (Wildman–Crippen MR) is 125 cm³/mol. The van der Waals surface area contributed by atoms with Gasteiger partial charge in [-0.25, -0.2) is 9.97 Å². The standard InChI is InChI=1S/C26H19N3O3/c1-31-20-11-12-24-21(13-20)23(30)15-25(32-24)18-7-9-19(10-8-18)29-26-14-22(27-16-28-26)17-5-3-2-4-6-17/h2-16H,1H3,(H,27,28,29). The third-order valence-corrected chi connectivity index (χ3v) is 5.11. The highest BCUT2D eigenvalue weighted by Crippen LogP contribution is 2.27. The highest BCUT2D eigenvalue weighted by atomic mass is 16.5. The molecular formula is C26H19N3O3. The maximum absolute atomic E-state index is 12.6. The summed E-state index contributed by atoms with van der Waals surface area (Å²) in [6.45, 7) is 0. The number of hydrogen-bond donors (Lipinski definition) is 1. The molecule has 3 aromatic carbocycles. The molecule has 1 N–H and O–H groups in total. The van der Waals surface area contributed by atoms with Crippen LogP contribution in [0.15, 0.2) is 100 Å². The van der Waals surface area contributed by atoms with Crippen molar-refractivity contribution in [2.45, 2.75) is 0 Å². The van der Waals surface area contributed by atoms with Crippen molar-refractivity contribution in [2.75, 3.05) is 12.4 Å². The average Bonchev–Trinajstić information content (AvgIpc) is 2.85. The van der Waals surface area contributed by atoms with Crippen LogP contribution < -0.4 is 15.5 Å². The second kappa shape index (κ2) is 8.35. The van der Waals surface area contributed by atoms with Gasteiger partial charge in [0.15, 0.2) is 5.43 Å². The summed E-state index contributed by atoms with van der Waals surface area (Å²) in [7, 11) is 1.57. The van der Waals surface area contributed by atoms with E-state index in [-0.39, 0.29) is 5.43 Å². The first-order valence-corrected chi connectivity index (χ1v) is 10.1. The molecule has 0 unspecified atom stereocenters. The normalized spacial score (nSPS) is 10.8. The second-order valence-electron chi connectivity index (χ2n) is 7.19. The van der Waals surface area contributed by atoms with Crippen LogP contribution >= 0.6 is 0 Å². The lowest BCUT2D eigenvalue weighted by atomic mass is 10.1. The van der Waals surface area contributed by atoms with Crippen LogP contribution in [0.25, 0.3) is 33.6 Å². The summed E-state index contributed by atoms with van der Waals surface area (Å²) < 4.78 is 11.1. The Kier molecular flexibility index (Phi) is 5.09. The van der Waals surface area contributed by atoms with Crippen molar-refractivity contribution in [3.63, 3.8) is 0 Å². The lowest BCUT2D eigenvalue weighted by molar-refractivity contribution is 0.415. The van der Waals surface area contributed by atoms with Gasteiger partial charge in [0.1, 0.15) is 29.2 Å². The van der Waals surface area contributed by atoms with Gasteiger partial charge >= 0.3 is 0 Å². The van der Waals surface area contributed by atoms with Crippen molar-refractivity contribution in [1.29, 1.82) is 0 Å². The Morgan fingerprint density at radius 1 is 0.844 bits per heavy atom. The molecule has 0 bridgehead atoms. The van der Waals surface area contributed by atoms with Crippen LogP contribution in [-0.4, -0.2) is 17.1 Å². The van der Waals surface area contributed by atoms with E-state index < -0.39 is 0 Å². The van der Waals surface area contributed by atoms with Gasteiger partial charge in [-0.3, -0.25) is 4.79 Å². The van der Waals surface area contributed by atoms with E-state index in [9.17, 15) is 4.79 Å². The van der Waals surface area contributed by atoms with Gasteiger partial charge < -0.3 is 14.5 Å². The maximum atomic E-state index is 12.6. The Bertz CT molecular complexity index is 1450. The lowest BCUT2D eigenvalue weighted by Gasteiger charge is -2.09. The summed E-state index contributed by atoms with van der Waals surface area (Å²) in [5, 5.41) is 3.78. The molecule has 0 atom stereocenters. The van der Waals surface area contributed by atoms with Gasteiger partial charge in [-0.1, -0.05) is 30.3 Å². The summed E-state index contributed by atoms with van der Waals surface area (Å²) in [6, 6.07) is 26.2. The zero-order valence-electron chi connectivity index (χ0n) is 17.3. The smallest absolute Gasteiger partial charge is 0.193 e. The Morgan fingerprint density at radius 2 is 1.66 bits per heavy atom. The molecule has 0 aliphatic rings.